The van der Waals surface area contributed by atoms with E-state index in [-0.39, 0.29) is 11.5 Å². The highest BCUT2D eigenvalue weighted by atomic mass is 35.5. The van der Waals surface area contributed by atoms with Gasteiger partial charge in [-0.05, 0) is 31.6 Å². The van der Waals surface area contributed by atoms with E-state index >= 15 is 0 Å². The fraction of sp³-hybridized carbons (Fsp3) is 0.375. The second-order valence-electron chi connectivity index (χ2n) is 5.66. The van der Waals surface area contributed by atoms with E-state index in [9.17, 15) is 18.0 Å². The molecular formula is C16H17Cl2NO5S. The molecule has 2 atom stereocenters. The number of carbonyl (C=O) groups is 2. The first-order chi connectivity index (χ1) is 11.7. The zero-order valence-electron chi connectivity index (χ0n) is 13.4. The van der Waals surface area contributed by atoms with Gasteiger partial charge in [-0.1, -0.05) is 29.3 Å². The van der Waals surface area contributed by atoms with Gasteiger partial charge in [0.05, 0.1) is 11.5 Å². The maximum atomic E-state index is 12.0. The lowest BCUT2D eigenvalue weighted by molar-refractivity contribution is -0.150. The van der Waals surface area contributed by atoms with Crippen LogP contribution in [0.1, 0.15) is 18.9 Å². The van der Waals surface area contributed by atoms with Crippen LogP contribution in [0.3, 0.4) is 0 Å². The number of ether oxygens (including phenoxy) is 1. The minimum atomic E-state index is -3.10. The van der Waals surface area contributed by atoms with Crippen LogP contribution in [0.25, 0.3) is 6.08 Å². The molecule has 1 amide bonds. The van der Waals surface area contributed by atoms with Gasteiger partial charge in [-0.2, -0.15) is 0 Å². The van der Waals surface area contributed by atoms with Crippen LogP contribution in [0.15, 0.2) is 24.3 Å². The van der Waals surface area contributed by atoms with Gasteiger partial charge in [-0.15, -0.1) is 0 Å². The minimum absolute atomic E-state index is 0.0491. The van der Waals surface area contributed by atoms with E-state index in [2.05, 4.69) is 5.32 Å². The topological polar surface area (TPSA) is 89.5 Å². The van der Waals surface area contributed by atoms with E-state index in [0.717, 1.165) is 6.08 Å². The van der Waals surface area contributed by atoms with Gasteiger partial charge in [0.1, 0.15) is 0 Å². The Hall–Kier alpha value is -1.57. The Balaban J connectivity index is 1.89. The van der Waals surface area contributed by atoms with Crippen molar-refractivity contribution < 1.29 is 22.7 Å². The third kappa shape index (κ3) is 5.73. The summed E-state index contributed by atoms with van der Waals surface area (Å²) in [5, 5.41) is 3.33. The van der Waals surface area contributed by atoms with Crippen molar-refractivity contribution in [1.82, 2.24) is 5.32 Å². The molecule has 1 heterocycles. The molecule has 1 N–H and O–H groups in total. The number of hydrogen-bond acceptors (Lipinski definition) is 5. The van der Waals surface area contributed by atoms with E-state index in [4.69, 9.17) is 27.9 Å². The molecule has 0 unspecified atom stereocenters. The maximum absolute atomic E-state index is 12.0. The highest BCUT2D eigenvalue weighted by molar-refractivity contribution is 7.91. The molecule has 9 heteroatoms. The second-order valence-corrected chi connectivity index (χ2v) is 8.70. The zero-order chi connectivity index (χ0) is 18.6. The first-order valence-electron chi connectivity index (χ1n) is 7.51. The van der Waals surface area contributed by atoms with E-state index < -0.39 is 33.9 Å². The summed E-state index contributed by atoms with van der Waals surface area (Å²) >= 11 is 12.0. The summed E-state index contributed by atoms with van der Waals surface area (Å²) in [7, 11) is -3.10. The summed E-state index contributed by atoms with van der Waals surface area (Å²) < 4.78 is 27.8. The number of rotatable bonds is 5. The largest absolute Gasteiger partial charge is 0.449 e. The molecular weight excluding hydrogens is 389 g/mol. The maximum Gasteiger partial charge on any atom is 0.331 e. The number of hydrogen-bond donors (Lipinski definition) is 1. The van der Waals surface area contributed by atoms with Gasteiger partial charge in [-0.3, -0.25) is 4.79 Å². The van der Waals surface area contributed by atoms with Crippen molar-refractivity contribution >= 4 is 51.0 Å². The lowest BCUT2D eigenvalue weighted by Crippen LogP contribution is -2.42. The van der Waals surface area contributed by atoms with E-state index in [1.807, 2.05) is 0 Å². The van der Waals surface area contributed by atoms with Crippen molar-refractivity contribution in [3.8, 4) is 0 Å². The smallest absolute Gasteiger partial charge is 0.331 e. The molecule has 1 aliphatic rings. The summed E-state index contributed by atoms with van der Waals surface area (Å²) in [6.45, 7) is 1.41. The van der Waals surface area contributed by atoms with Crippen LogP contribution in [-0.4, -0.2) is 43.9 Å². The number of sulfone groups is 1. The van der Waals surface area contributed by atoms with Crippen molar-refractivity contribution in [1.29, 1.82) is 0 Å². The summed E-state index contributed by atoms with van der Waals surface area (Å²) in [6, 6.07) is 4.49. The zero-order valence-corrected chi connectivity index (χ0v) is 15.7. The lowest BCUT2D eigenvalue weighted by Gasteiger charge is -2.15. The molecule has 0 spiro atoms. The Labute approximate surface area is 156 Å². The quantitative estimate of drug-likeness (QED) is 0.599. The Bertz CT molecular complexity index is 786. The van der Waals surface area contributed by atoms with Crippen LogP contribution in [0.5, 0.6) is 0 Å². The molecule has 0 bridgehead atoms. The summed E-state index contributed by atoms with van der Waals surface area (Å²) in [5.41, 5.74) is 0.469. The second kappa shape index (κ2) is 8.21. The van der Waals surface area contributed by atoms with Crippen molar-refractivity contribution in [2.75, 3.05) is 11.5 Å². The Morgan fingerprint density at radius 2 is 1.96 bits per heavy atom. The fourth-order valence-corrected chi connectivity index (χ4v) is 4.51. The number of benzene rings is 1. The normalized spacial score (nSPS) is 20.4. The summed E-state index contributed by atoms with van der Waals surface area (Å²) in [5.74, 6) is -1.32. The van der Waals surface area contributed by atoms with Crippen molar-refractivity contribution in [2.45, 2.75) is 25.5 Å². The number of nitrogens with one attached hydrogen (secondary N) is 1. The molecule has 0 radical (unpaired) electrons. The van der Waals surface area contributed by atoms with Gasteiger partial charge in [0.25, 0.3) is 5.91 Å². The van der Waals surface area contributed by atoms with Gasteiger partial charge in [0, 0.05) is 27.7 Å². The molecule has 25 heavy (non-hydrogen) atoms. The first kappa shape index (κ1) is 19.8. The molecule has 0 saturated carbocycles. The van der Waals surface area contributed by atoms with Crippen molar-refractivity contribution in [3.05, 3.63) is 39.9 Å². The van der Waals surface area contributed by atoms with Crippen molar-refractivity contribution in [2.24, 2.45) is 0 Å². The van der Waals surface area contributed by atoms with Gasteiger partial charge in [-0.25, -0.2) is 13.2 Å². The molecule has 1 aromatic rings. The molecule has 6 nitrogen and oxygen atoms in total. The Morgan fingerprint density at radius 1 is 1.32 bits per heavy atom. The minimum Gasteiger partial charge on any atom is -0.449 e. The SMILES string of the molecule is C[C@H](OC(=O)/C=C/c1c(Cl)cccc1Cl)C(=O)N[C@@H]1CCS(=O)(=O)C1. The highest BCUT2D eigenvalue weighted by Gasteiger charge is 2.30. The Morgan fingerprint density at radius 3 is 2.52 bits per heavy atom. The molecule has 1 aromatic carbocycles. The van der Waals surface area contributed by atoms with Crippen LogP contribution in [0.4, 0.5) is 0 Å². The Kier molecular flexibility index (Phi) is 6.48. The average Bonchev–Trinajstić information content (AvgIpc) is 2.85. The van der Waals surface area contributed by atoms with Crippen LogP contribution in [-0.2, 0) is 24.2 Å². The standard InChI is InChI=1S/C16H17Cl2NO5S/c1-10(16(21)19-11-7-8-25(22,23)9-11)24-15(20)6-5-12-13(17)3-2-4-14(12)18/h2-6,10-11H,7-9H2,1H3,(H,19,21)/b6-5+/t10-,11+/m0/s1. The van der Waals surface area contributed by atoms with Crippen LogP contribution in [0, 0.1) is 0 Å². The van der Waals surface area contributed by atoms with E-state index in [1.54, 1.807) is 18.2 Å². The van der Waals surface area contributed by atoms with Crippen LogP contribution >= 0.6 is 23.2 Å². The molecule has 0 aliphatic carbocycles. The van der Waals surface area contributed by atoms with Gasteiger partial charge in [0.2, 0.25) is 0 Å². The van der Waals surface area contributed by atoms with E-state index in [0.29, 0.717) is 22.0 Å². The molecule has 1 saturated heterocycles. The van der Waals surface area contributed by atoms with Crippen LogP contribution in [0.2, 0.25) is 10.0 Å². The monoisotopic (exact) mass is 405 g/mol. The molecule has 136 valence electrons. The lowest BCUT2D eigenvalue weighted by atomic mass is 10.2. The molecule has 0 aromatic heterocycles. The molecule has 2 rings (SSSR count). The highest BCUT2D eigenvalue weighted by Crippen LogP contribution is 2.25. The van der Waals surface area contributed by atoms with Gasteiger partial charge in [0.15, 0.2) is 15.9 Å². The summed E-state index contributed by atoms with van der Waals surface area (Å²) in [4.78, 5) is 23.8. The number of esters is 1. The van der Waals surface area contributed by atoms with Crippen molar-refractivity contribution in [3.63, 3.8) is 0 Å². The predicted molar refractivity (Wildman–Crippen MR) is 96.3 cm³/mol. The van der Waals surface area contributed by atoms with Gasteiger partial charge < -0.3 is 10.1 Å². The van der Waals surface area contributed by atoms with Crippen LogP contribution < -0.4 is 5.32 Å². The fourth-order valence-electron chi connectivity index (χ4n) is 2.32. The van der Waals surface area contributed by atoms with E-state index in [1.165, 1.54) is 13.0 Å². The first-order valence-corrected chi connectivity index (χ1v) is 10.1. The molecule has 1 aliphatic heterocycles. The molecule has 1 fully saturated rings. The average molecular weight is 406 g/mol. The number of amides is 1. The third-order valence-electron chi connectivity index (χ3n) is 3.63. The third-order valence-corrected chi connectivity index (χ3v) is 6.05. The number of carbonyl (C=O) groups excluding carboxylic acids is 2. The summed E-state index contributed by atoms with van der Waals surface area (Å²) in [6.07, 6.45) is 1.83. The number of halogens is 2. The van der Waals surface area contributed by atoms with Gasteiger partial charge >= 0.3 is 5.97 Å². The predicted octanol–water partition coefficient (Wildman–Crippen LogP) is 2.24.